The van der Waals surface area contributed by atoms with E-state index in [0.717, 1.165) is 59.9 Å². The SMILES string of the molecule is Cc1ccccc1CN1CCCC(COc2cc(C)c(Cl)c(C)c2)(CC(=O)N(CCO)Cc2ccccc2)C1. The van der Waals surface area contributed by atoms with Crippen LogP contribution in [0.2, 0.25) is 5.02 Å². The molecule has 3 aromatic rings. The van der Waals surface area contributed by atoms with Crippen molar-refractivity contribution >= 4 is 17.5 Å². The molecule has 6 heteroatoms. The van der Waals surface area contributed by atoms with E-state index in [-0.39, 0.29) is 17.9 Å². The lowest BCUT2D eigenvalue weighted by atomic mass is 9.77. The van der Waals surface area contributed by atoms with Gasteiger partial charge in [-0.05, 0) is 80.1 Å². The summed E-state index contributed by atoms with van der Waals surface area (Å²) < 4.78 is 6.44. The van der Waals surface area contributed by atoms with E-state index in [1.165, 1.54) is 11.1 Å². The van der Waals surface area contributed by atoms with E-state index in [4.69, 9.17) is 16.3 Å². The molecule has 0 aliphatic carbocycles. The molecule has 1 aliphatic rings. The monoisotopic (exact) mass is 548 g/mol. The summed E-state index contributed by atoms with van der Waals surface area (Å²) >= 11 is 6.40. The van der Waals surface area contributed by atoms with Crippen LogP contribution in [0.25, 0.3) is 0 Å². The number of aliphatic hydroxyl groups excluding tert-OH is 1. The van der Waals surface area contributed by atoms with Gasteiger partial charge in [-0.3, -0.25) is 9.69 Å². The summed E-state index contributed by atoms with van der Waals surface area (Å²) in [6.45, 7) is 9.93. The molecule has 0 spiro atoms. The second-order valence-corrected chi connectivity index (χ2v) is 11.5. The zero-order valence-electron chi connectivity index (χ0n) is 23.5. The number of hydrogen-bond acceptors (Lipinski definition) is 4. The van der Waals surface area contributed by atoms with E-state index >= 15 is 0 Å². The number of halogens is 1. The standard InChI is InChI=1S/C33H41ClN2O3/c1-25-10-7-8-13-29(25)22-35-15-9-14-33(23-35,24-39-30-18-26(2)32(34)27(3)19-30)20-31(38)36(16-17-37)21-28-11-5-4-6-12-28/h4-8,10-13,18-19,37H,9,14-17,20-24H2,1-3H3. The first-order valence-corrected chi connectivity index (χ1v) is 14.3. The molecular weight excluding hydrogens is 508 g/mol. The zero-order chi connectivity index (χ0) is 27.8. The van der Waals surface area contributed by atoms with Gasteiger partial charge in [-0.1, -0.05) is 66.2 Å². The number of carbonyl (C=O) groups is 1. The van der Waals surface area contributed by atoms with Crippen molar-refractivity contribution < 1.29 is 14.6 Å². The van der Waals surface area contributed by atoms with Gasteiger partial charge in [-0.25, -0.2) is 0 Å². The third kappa shape index (κ3) is 7.84. The van der Waals surface area contributed by atoms with E-state index < -0.39 is 0 Å². The average Bonchev–Trinajstić information content (AvgIpc) is 2.92. The molecule has 1 aliphatic heterocycles. The summed E-state index contributed by atoms with van der Waals surface area (Å²) in [5.41, 5.74) is 5.28. The predicted octanol–water partition coefficient (Wildman–Crippen LogP) is 6.34. The fourth-order valence-electron chi connectivity index (χ4n) is 5.66. The molecule has 0 bridgehead atoms. The highest BCUT2D eigenvalue weighted by molar-refractivity contribution is 6.32. The molecule has 5 nitrogen and oxygen atoms in total. The van der Waals surface area contributed by atoms with Crippen LogP contribution < -0.4 is 4.74 Å². The van der Waals surface area contributed by atoms with Gasteiger partial charge in [0.25, 0.3) is 0 Å². The zero-order valence-corrected chi connectivity index (χ0v) is 24.2. The molecule has 1 N–H and O–H groups in total. The predicted molar refractivity (Wildman–Crippen MR) is 158 cm³/mol. The molecule has 0 radical (unpaired) electrons. The van der Waals surface area contributed by atoms with Crippen molar-refractivity contribution in [2.24, 2.45) is 5.41 Å². The summed E-state index contributed by atoms with van der Waals surface area (Å²) in [5.74, 6) is 0.839. The van der Waals surface area contributed by atoms with Gasteiger partial charge < -0.3 is 14.7 Å². The number of carbonyl (C=O) groups excluding carboxylic acids is 1. The third-order valence-corrected chi connectivity index (χ3v) is 8.41. The van der Waals surface area contributed by atoms with Crippen LogP contribution in [-0.4, -0.2) is 53.7 Å². The summed E-state index contributed by atoms with van der Waals surface area (Å²) in [6, 6.07) is 22.4. The fourth-order valence-corrected chi connectivity index (χ4v) is 5.77. The smallest absolute Gasteiger partial charge is 0.223 e. The number of amides is 1. The van der Waals surface area contributed by atoms with Crippen molar-refractivity contribution in [1.29, 1.82) is 0 Å². The third-order valence-electron chi connectivity index (χ3n) is 7.82. The number of piperidine rings is 1. The molecule has 1 fully saturated rings. The molecule has 0 aromatic heterocycles. The van der Waals surface area contributed by atoms with E-state index in [1.54, 1.807) is 4.90 Å². The van der Waals surface area contributed by atoms with Crippen LogP contribution in [0.5, 0.6) is 5.75 Å². The van der Waals surface area contributed by atoms with Crippen LogP contribution in [0.15, 0.2) is 66.7 Å². The molecule has 1 atom stereocenters. The minimum absolute atomic E-state index is 0.0534. The van der Waals surface area contributed by atoms with Gasteiger partial charge in [-0.15, -0.1) is 0 Å². The fraction of sp³-hybridized carbons (Fsp3) is 0.424. The van der Waals surface area contributed by atoms with Crippen molar-refractivity contribution in [1.82, 2.24) is 9.80 Å². The molecular formula is C33H41ClN2O3. The van der Waals surface area contributed by atoms with Crippen LogP contribution >= 0.6 is 11.6 Å². The maximum absolute atomic E-state index is 13.8. The van der Waals surface area contributed by atoms with Gasteiger partial charge in [0.05, 0.1) is 13.2 Å². The number of rotatable bonds is 11. The largest absolute Gasteiger partial charge is 0.493 e. The van der Waals surface area contributed by atoms with Crippen molar-refractivity contribution in [3.05, 3.63) is 99.6 Å². The van der Waals surface area contributed by atoms with Gasteiger partial charge in [0, 0.05) is 43.0 Å². The topological polar surface area (TPSA) is 53.0 Å². The first kappa shape index (κ1) is 29.1. The van der Waals surface area contributed by atoms with Gasteiger partial charge in [0.15, 0.2) is 0 Å². The number of benzene rings is 3. The highest BCUT2D eigenvalue weighted by atomic mass is 35.5. The normalized spacial score (nSPS) is 17.7. The number of likely N-dealkylation sites (tertiary alicyclic amines) is 1. The number of aryl methyl sites for hydroxylation is 3. The van der Waals surface area contributed by atoms with Crippen molar-refractivity contribution in [3.63, 3.8) is 0 Å². The van der Waals surface area contributed by atoms with E-state index in [9.17, 15) is 9.90 Å². The molecule has 4 rings (SSSR count). The average molecular weight is 549 g/mol. The minimum atomic E-state index is -0.343. The minimum Gasteiger partial charge on any atom is -0.493 e. The molecule has 1 saturated heterocycles. The lowest BCUT2D eigenvalue weighted by Crippen LogP contribution is -2.49. The van der Waals surface area contributed by atoms with Crippen molar-refractivity contribution in [3.8, 4) is 5.75 Å². The summed E-state index contributed by atoms with van der Waals surface area (Å²) in [6.07, 6.45) is 2.28. The quantitative estimate of drug-likeness (QED) is 0.304. The van der Waals surface area contributed by atoms with E-state index in [1.807, 2.05) is 56.3 Å². The molecule has 208 valence electrons. The summed E-state index contributed by atoms with van der Waals surface area (Å²) in [4.78, 5) is 18.1. The number of nitrogens with zero attached hydrogens (tertiary/aromatic N) is 2. The summed E-state index contributed by atoms with van der Waals surface area (Å²) in [7, 11) is 0. The second kappa shape index (κ2) is 13.5. The Hall–Kier alpha value is -2.86. The molecule has 1 unspecified atom stereocenters. The molecule has 3 aromatic carbocycles. The van der Waals surface area contributed by atoms with Crippen molar-refractivity contribution in [2.45, 2.75) is 53.1 Å². The highest BCUT2D eigenvalue weighted by Crippen LogP contribution is 2.37. The maximum atomic E-state index is 13.8. The van der Waals surface area contributed by atoms with Crippen LogP contribution in [0.4, 0.5) is 0 Å². The molecule has 39 heavy (non-hydrogen) atoms. The maximum Gasteiger partial charge on any atom is 0.223 e. The van der Waals surface area contributed by atoms with Gasteiger partial charge >= 0.3 is 0 Å². The first-order chi connectivity index (χ1) is 18.8. The van der Waals surface area contributed by atoms with Crippen LogP contribution in [0.1, 0.15) is 47.1 Å². The molecule has 1 amide bonds. The Labute approximate surface area is 238 Å². The number of ether oxygens (including phenoxy) is 1. The van der Waals surface area contributed by atoms with Gasteiger partial charge in [0.1, 0.15) is 5.75 Å². The highest BCUT2D eigenvalue weighted by Gasteiger charge is 2.39. The van der Waals surface area contributed by atoms with Gasteiger partial charge in [-0.2, -0.15) is 0 Å². The van der Waals surface area contributed by atoms with Crippen LogP contribution in [0, 0.1) is 26.2 Å². The number of hydrogen-bond donors (Lipinski definition) is 1. The summed E-state index contributed by atoms with van der Waals surface area (Å²) in [5, 5.41) is 10.5. The van der Waals surface area contributed by atoms with Gasteiger partial charge in [0.2, 0.25) is 5.91 Å². The lowest BCUT2D eigenvalue weighted by Gasteiger charge is -2.43. The Morgan fingerprint density at radius 1 is 1.03 bits per heavy atom. The Morgan fingerprint density at radius 2 is 1.72 bits per heavy atom. The Bertz CT molecular complexity index is 1230. The molecule has 0 saturated carbocycles. The van der Waals surface area contributed by atoms with Crippen molar-refractivity contribution in [2.75, 3.05) is 32.8 Å². The Balaban J connectivity index is 1.56. The second-order valence-electron chi connectivity index (χ2n) is 11.1. The lowest BCUT2D eigenvalue weighted by molar-refractivity contribution is -0.137. The van der Waals surface area contributed by atoms with E-state index in [2.05, 4.69) is 36.1 Å². The van der Waals surface area contributed by atoms with Crippen LogP contribution in [0.3, 0.4) is 0 Å². The van der Waals surface area contributed by atoms with Crippen LogP contribution in [-0.2, 0) is 17.9 Å². The Kier molecular flexibility index (Phi) is 10.1. The number of aliphatic hydroxyl groups is 1. The molecule has 1 heterocycles. The first-order valence-electron chi connectivity index (χ1n) is 13.9. The van der Waals surface area contributed by atoms with E-state index in [0.29, 0.717) is 26.1 Å². The Morgan fingerprint density at radius 3 is 2.41 bits per heavy atom.